The number of rotatable bonds is 3. The van der Waals surface area contributed by atoms with Crippen molar-refractivity contribution in [1.82, 2.24) is 19.4 Å². The molecule has 1 aliphatic rings. The lowest BCUT2D eigenvalue weighted by Crippen LogP contribution is -2.33. The van der Waals surface area contributed by atoms with Crippen molar-refractivity contribution in [2.24, 2.45) is 5.92 Å². The lowest BCUT2D eigenvalue weighted by Gasteiger charge is -2.07. The van der Waals surface area contributed by atoms with Gasteiger partial charge in [-0.3, -0.25) is 15.0 Å². The third-order valence-corrected chi connectivity index (χ3v) is 3.67. The first-order chi connectivity index (χ1) is 10.7. The number of para-hydroxylation sites is 1. The molecule has 1 N–H and O–H groups in total. The SMILES string of the molecule is O=C(Nn1cnc2c(cnn2-c2ccccc2)c1=O)C1CC1. The lowest BCUT2D eigenvalue weighted by molar-refractivity contribution is -0.118. The molecule has 0 bridgehead atoms. The van der Waals surface area contributed by atoms with Gasteiger partial charge in [0.25, 0.3) is 5.56 Å². The van der Waals surface area contributed by atoms with Crippen molar-refractivity contribution in [2.45, 2.75) is 12.8 Å². The summed E-state index contributed by atoms with van der Waals surface area (Å²) in [6, 6.07) is 9.45. The van der Waals surface area contributed by atoms with Gasteiger partial charge in [-0.25, -0.2) is 14.3 Å². The van der Waals surface area contributed by atoms with Gasteiger partial charge >= 0.3 is 0 Å². The topological polar surface area (TPSA) is 81.8 Å². The molecule has 0 spiro atoms. The van der Waals surface area contributed by atoms with Crippen molar-refractivity contribution in [3.63, 3.8) is 0 Å². The van der Waals surface area contributed by atoms with Crippen molar-refractivity contribution >= 4 is 16.9 Å². The molecule has 7 nitrogen and oxygen atoms in total. The van der Waals surface area contributed by atoms with E-state index in [1.165, 1.54) is 12.5 Å². The molecule has 1 saturated carbocycles. The van der Waals surface area contributed by atoms with Gasteiger partial charge in [0.15, 0.2) is 5.65 Å². The first kappa shape index (κ1) is 12.8. The monoisotopic (exact) mass is 295 g/mol. The molecule has 4 rings (SSSR count). The number of hydrogen-bond donors (Lipinski definition) is 1. The molecular weight excluding hydrogens is 282 g/mol. The van der Waals surface area contributed by atoms with E-state index in [0.717, 1.165) is 23.2 Å². The van der Waals surface area contributed by atoms with Gasteiger partial charge in [0.1, 0.15) is 11.7 Å². The zero-order valence-electron chi connectivity index (χ0n) is 11.6. The van der Waals surface area contributed by atoms with E-state index in [4.69, 9.17) is 0 Å². The number of nitrogens with zero attached hydrogens (tertiary/aromatic N) is 4. The maximum Gasteiger partial charge on any atom is 0.283 e. The Balaban J connectivity index is 1.77. The highest BCUT2D eigenvalue weighted by molar-refractivity contribution is 5.88. The summed E-state index contributed by atoms with van der Waals surface area (Å²) in [5.41, 5.74) is 3.54. The fourth-order valence-electron chi connectivity index (χ4n) is 2.31. The quantitative estimate of drug-likeness (QED) is 0.783. The van der Waals surface area contributed by atoms with Crippen LogP contribution in [-0.4, -0.2) is 25.3 Å². The number of carbonyl (C=O) groups is 1. The highest BCUT2D eigenvalue weighted by Crippen LogP contribution is 2.28. The van der Waals surface area contributed by atoms with E-state index < -0.39 is 0 Å². The molecule has 110 valence electrons. The Morgan fingerprint density at radius 3 is 2.73 bits per heavy atom. The second-order valence-corrected chi connectivity index (χ2v) is 5.30. The van der Waals surface area contributed by atoms with Crippen LogP contribution in [0, 0.1) is 5.92 Å². The van der Waals surface area contributed by atoms with Crippen LogP contribution in [0.25, 0.3) is 16.7 Å². The number of aromatic nitrogens is 4. The number of nitrogens with one attached hydrogen (secondary N) is 1. The van der Waals surface area contributed by atoms with Crippen LogP contribution in [0.5, 0.6) is 0 Å². The Morgan fingerprint density at radius 2 is 2.00 bits per heavy atom. The summed E-state index contributed by atoms with van der Waals surface area (Å²) < 4.78 is 2.73. The average Bonchev–Trinajstić information content (AvgIpc) is 3.30. The van der Waals surface area contributed by atoms with Crippen LogP contribution in [0.15, 0.2) is 47.7 Å². The Morgan fingerprint density at radius 1 is 1.23 bits per heavy atom. The lowest BCUT2D eigenvalue weighted by atomic mass is 10.3. The van der Waals surface area contributed by atoms with Gasteiger partial charge in [0.05, 0.1) is 11.9 Å². The molecule has 1 amide bonds. The standard InChI is InChI=1S/C15H13N5O2/c21-14(10-6-7-10)18-19-9-16-13-12(15(19)22)8-17-20(13)11-4-2-1-3-5-11/h1-5,8-10H,6-7H2,(H,18,21). The molecule has 2 aromatic heterocycles. The summed E-state index contributed by atoms with van der Waals surface area (Å²) in [4.78, 5) is 28.4. The summed E-state index contributed by atoms with van der Waals surface area (Å²) in [6.07, 6.45) is 4.55. The van der Waals surface area contributed by atoms with Crippen LogP contribution < -0.4 is 11.0 Å². The first-order valence-corrected chi connectivity index (χ1v) is 7.06. The van der Waals surface area contributed by atoms with Gasteiger partial charge in [-0.1, -0.05) is 18.2 Å². The zero-order valence-corrected chi connectivity index (χ0v) is 11.6. The second kappa shape index (κ2) is 4.80. The molecule has 0 saturated heterocycles. The fraction of sp³-hybridized carbons (Fsp3) is 0.200. The van der Waals surface area contributed by atoms with Gasteiger partial charge in [-0.15, -0.1) is 0 Å². The van der Waals surface area contributed by atoms with E-state index in [2.05, 4.69) is 15.5 Å². The molecule has 7 heteroatoms. The molecule has 0 aliphatic heterocycles. The van der Waals surface area contributed by atoms with Crippen LogP contribution in [0.1, 0.15) is 12.8 Å². The van der Waals surface area contributed by atoms with Crippen molar-refractivity contribution < 1.29 is 4.79 Å². The number of amides is 1. The summed E-state index contributed by atoms with van der Waals surface area (Å²) in [7, 11) is 0. The van der Waals surface area contributed by atoms with E-state index >= 15 is 0 Å². The predicted octanol–water partition coefficient (Wildman–Crippen LogP) is 1.06. The Labute approximate surface area is 125 Å². The summed E-state index contributed by atoms with van der Waals surface area (Å²) in [5, 5.41) is 4.59. The molecule has 0 unspecified atom stereocenters. The number of fused-ring (bicyclic) bond motifs is 1. The molecular formula is C15H13N5O2. The third kappa shape index (κ3) is 2.07. The zero-order chi connectivity index (χ0) is 15.1. The van der Waals surface area contributed by atoms with Crippen molar-refractivity contribution in [3.8, 4) is 5.69 Å². The van der Waals surface area contributed by atoms with Crippen LogP contribution in [-0.2, 0) is 4.79 Å². The largest absolute Gasteiger partial charge is 0.283 e. The van der Waals surface area contributed by atoms with Gasteiger partial charge in [-0.2, -0.15) is 5.10 Å². The number of hydrogen-bond acceptors (Lipinski definition) is 4. The van der Waals surface area contributed by atoms with Crippen molar-refractivity contribution in [1.29, 1.82) is 0 Å². The maximum absolute atomic E-state index is 12.4. The molecule has 22 heavy (non-hydrogen) atoms. The molecule has 1 aliphatic carbocycles. The van der Waals surface area contributed by atoms with Crippen LogP contribution in [0.3, 0.4) is 0 Å². The minimum Gasteiger partial charge on any atom is -0.273 e. The van der Waals surface area contributed by atoms with E-state index in [9.17, 15) is 9.59 Å². The molecule has 0 atom stereocenters. The summed E-state index contributed by atoms with van der Waals surface area (Å²) in [5.74, 6) is -0.117. The fourth-order valence-corrected chi connectivity index (χ4v) is 2.31. The maximum atomic E-state index is 12.4. The Hall–Kier alpha value is -2.96. The predicted molar refractivity (Wildman–Crippen MR) is 80.2 cm³/mol. The van der Waals surface area contributed by atoms with E-state index in [0.29, 0.717) is 11.0 Å². The van der Waals surface area contributed by atoms with Crippen molar-refractivity contribution in [3.05, 3.63) is 53.2 Å². The van der Waals surface area contributed by atoms with Crippen LogP contribution >= 0.6 is 0 Å². The highest BCUT2D eigenvalue weighted by Gasteiger charge is 2.30. The number of carbonyl (C=O) groups excluding carboxylic acids is 1. The molecule has 2 heterocycles. The normalized spacial score (nSPS) is 14.2. The second-order valence-electron chi connectivity index (χ2n) is 5.30. The molecule has 1 fully saturated rings. The van der Waals surface area contributed by atoms with Gasteiger partial charge in [0, 0.05) is 5.92 Å². The minimum absolute atomic E-state index is 0.0228. The third-order valence-electron chi connectivity index (χ3n) is 3.67. The Bertz CT molecular complexity index is 909. The smallest absolute Gasteiger partial charge is 0.273 e. The van der Waals surface area contributed by atoms with E-state index in [1.54, 1.807) is 4.68 Å². The molecule has 3 aromatic rings. The van der Waals surface area contributed by atoms with Crippen LogP contribution in [0.4, 0.5) is 0 Å². The Kier molecular flexibility index (Phi) is 2.78. The van der Waals surface area contributed by atoms with Gasteiger partial charge < -0.3 is 0 Å². The average molecular weight is 295 g/mol. The van der Waals surface area contributed by atoms with Crippen molar-refractivity contribution in [2.75, 3.05) is 5.43 Å². The summed E-state index contributed by atoms with van der Waals surface area (Å²) >= 11 is 0. The number of benzene rings is 1. The van der Waals surface area contributed by atoms with Gasteiger partial charge in [-0.05, 0) is 25.0 Å². The highest BCUT2D eigenvalue weighted by atomic mass is 16.2. The van der Waals surface area contributed by atoms with E-state index in [-0.39, 0.29) is 17.4 Å². The summed E-state index contributed by atoms with van der Waals surface area (Å²) in [6.45, 7) is 0. The molecule has 1 aromatic carbocycles. The van der Waals surface area contributed by atoms with Gasteiger partial charge in [0.2, 0.25) is 5.91 Å². The molecule has 0 radical (unpaired) electrons. The first-order valence-electron chi connectivity index (χ1n) is 7.06. The van der Waals surface area contributed by atoms with Crippen LogP contribution in [0.2, 0.25) is 0 Å². The van der Waals surface area contributed by atoms with E-state index in [1.807, 2.05) is 30.3 Å². The minimum atomic E-state index is -0.332.